The van der Waals surface area contributed by atoms with Crippen molar-refractivity contribution in [1.82, 2.24) is 0 Å². The molecule has 0 bridgehead atoms. The lowest BCUT2D eigenvalue weighted by atomic mass is 9.82. The summed E-state index contributed by atoms with van der Waals surface area (Å²) in [5.41, 5.74) is 2.05. The number of hydrogen-bond acceptors (Lipinski definition) is 2. The normalized spacial score (nSPS) is 25.7. The predicted octanol–water partition coefficient (Wildman–Crippen LogP) is 3.54. The van der Waals surface area contributed by atoms with E-state index in [2.05, 4.69) is 25.7 Å². The summed E-state index contributed by atoms with van der Waals surface area (Å²) in [6.07, 6.45) is 3.95. The molecule has 0 aromatic heterocycles. The molecule has 0 amide bonds. The van der Waals surface area contributed by atoms with Crippen LogP contribution >= 0.6 is 0 Å². The predicted molar refractivity (Wildman–Crippen MR) is 81.7 cm³/mol. The minimum Gasteiger partial charge on any atom is -0.490 e. The van der Waals surface area contributed by atoms with Gasteiger partial charge in [0, 0.05) is 5.56 Å². The smallest absolute Gasteiger partial charge is 0.120 e. The maximum atomic E-state index is 8.74. The van der Waals surface area contributed by atoms with E-state index < -0.39 is 0 Å². The molecule has 2 atom stereocenters. The lowest BCUT2D eigenvalue weighted by molar-refractivity contribution is 0.101. The van der Waals surface area contributed by atoms with E-state index >= 15 is 0 Å². The Balaban J connectivity index is 2.05. The number of aliphatic hydroxyl groups excluding tert-OH is 1. The Bertz CT molecular complexity index is 500. The molecule has 20 heavy (non-hydrogen) atoms. The molecule has 1 aliphatic rings. The Hall–Kier alpha value is -1.46. The van der Waals surface area contributed by atoms with Crippen LogP contribution in [0.15, 0.2) is 18.2 Å². The lowest BCUT2D eigenvalue weighted by Crippen LogP contribution is -2.28. The van der Waals surface area contributed by atoms with Crippen LogP contribution in [0.5, 0.6) is 5.75 Å². The highest BCUT2D eigenvalue weighted by atomic mass is 16.5. The van der Waals surface area contributed by atoms with Crippen LogP contribution in [-0.2, 0) is 0 Å². The van der Waals surface area contributed by atoms with E-state index in [4.69, 9.17) is 9.84 Å². The van der Waals surface area contributed by atoms with Crippen molar-refractivity contribution in [2.45, 2.75) is 46.1 Å². The van der Waals surface area contributed by atoms with Crippen molar-refractivity contribution < 1.29 is 9.84 Å². The van der Waals surface area contributed by atoms with Crippen molar-refractivity contribution in [1.29, 1.82) is 0 Å². The van der Waals surface area contributed by atoms with Gasteiger partial charge >= 0.3 is 0 Å². The number of hydrogen-bond donors (Lipinski definition) is 1. The van der Waals surface area contributed by atoms with Gasteiger partial charge in [0.15, 0.2) is 0 Å². The first-order valence-corrected chi connectivity index (χ1v) is 7.45. The average molecular weight is 272 g/mol. The van der Waals surface area contributed by atoms with Crippen LogP contribution in [0.1, 0.15) is 44.2 Å². The molecule has 1 fully saturated rings. The van der Waals surface area contributed by atoms with Gasteiger partial charge in [0.2, 0.25) is 0 Å². The van der Waals surface area contributed by atoms with E-state index in [0.29, 0.717) is 6.10 Å². The summed E-state index contributed by atoms with van der Waals surface area (Å²) in [5, 5.41) is 8.74. The highest BCUT2D eigenvalue weighted by molar-refractivity contribution is 5.44. The molecular formula is C18H24O2. The first kappa shape index (κ1) is 14.9. The SMILES string of the molecule is Cc1cc(OC2CC(C)CC(C)C2)ccc1C#CCO. The van der Waals surface area contributed by atoms with Crippen LogP contribution in [0.25, 0.3) is 0 Å². The van der Waals surface area contributed by atoms with Gasteiger partial charge < -0.3 is 9.84 Å². The van der Waals surface area contributed by atoms with E-state index in [9.17, 15) is 0 Å². The lowest BCUT2D eigenvalue weighted by Gasteiger charge is -2.31. The summed E-state index contributed by atoms with van der Waals surface area (Å²) >= 11 is 0. The quantitative estimate of drug-likeness (QED) is 0.834. The van der Waals surface area contributed by atoms with Crippen molar-refractivity contribution in [3.05, 3.63) is 29.3 Å². The Morgan fingerprint density at radius 1 is 1.20 bits per heavy atom. The second kappa shape index (κ2) is 6.81. The van der Waals surface area contributed by atoms with E-state index in [0.717, 1.165) is 41.6 Å². The molecular weight excluding hydrogens is 248 g/mol. The fourth-order valence-electron chi connectivity index (χ4n) is 3.15. The molecule has 2 rings (SSSR count). The summed E-state index contributed by atoms with van der Waals surface area (Å²) in [5.74, 6) is 8.07. The molecule has 2 heteroatoms. The first-order valence-electron chi connectivity index (χ1n) is 7.45. The maximum absolute atomic E-state index is 8.74. The zero-order valence-electron chi connectivity index (χ0n) is 12.6. The van der Waals surface area contributed by atoms with Crippen molar-refractivity contribution in [2.24, 2.45) is 11.8 Å². The summed E-state index contributed by atoms with van der Waals surface area (Å²) in [6, 6.07) is 6.01. The molecule has 2 nitrogen and oxygen atoms in total. The Morgan fingerprint density at radius 3 is 2.50 bits per heavy atom. The monoisotopic (exact) mass is 272 g/mol. The zero-order chi connectivity index (χ0) is 14.5. The van der Waals surface area contributed by atoms with E-state index in [1.54, 1.807) is 0 Å². The van der Waals surface area contributed by atoms with Gasteiger partial charge in [-0.25, -0.2) is 0 Å². The number of rotatable bonds is 2. The standard InChI is InChI=1S/C18H24O2/c1-13-9-14(2)11-18(10-13)20-17-7-6-16(5-4-8-19)15(3)12-17/h6-7,12-14,18-19H,8-11H2,1-3H3. The minimum absolute atomic E-state index is 0.102. The van der Waals surface area contributed by atoms with E-state index in [1.165, 1.54) is 6.42 Å². The number of ether oxygens (including phenoxy) is 1. The van der Waals surface area contributed by atoms with Crippen molar-refractivity contribution in [3.8, 4) is 17.6 Å². The third kappa shape index (κ3) is 4.02. The van der Waals surface area contributed by atoms with Crippen molar-refractivity contribution in [3.63, 3.8) is 0 Å². The molecule has 0 aliphatic heterocycles. The third-order valence-electron chi connectivity index (χ3n) is 3.94. The van der Waals surface area contributed by atoms with Crippen LogP contribution in [0, 0.1) is 30.6 Å². The van der Waals surface area contributed by atoms with Gasteiger partial charge in [-0.05, 0) is 61.8 Å². The molecule has 0 radical (unpaired) electrons. The van der Waals surface area contributed by atoms with Crippen molar-refractivity contribution >= 4 is 0 Å². The zero-order valence-corrected chi connectivity index (χ0v) is 12.6. The van der Waals surface area contributed by atoms with Gasteiger partial charge in [0.05, 0.1) is 6.10 Å². The second-order valence-electron chi connectivity index (χ2n) is 6.09. The Labute approximate surface area is 122 Å². The van der Waals surface area contributed by atoms with Crippen LogP contribution in [-0.4, -0.2) is 17.8 Å². The van der Waals surface area contributed by atoms with Gasteiger partial charge in [-0.3, -0.25) is 0 Å². The van der Waals surface area contributed by atoms with E-state index in [-0.39, 0.29) is 6.61 Å². The Kier molecular flexibility index (Phi) is 5.09. The van der Waals surface area contributed by atoms with Crippen LogP contribution in [0.2, 0.25) is 0 Å². The van der Waals surface area contributed by atoms with Gasteiger partial charge in [0.25, 0.3) is 0 Å². The topological polar surface area (TPSA) is 29.5 Å². The molecule has 0 spiro atoms. The van der Waals surface area contributed by atoms with Crippen LogP contribution in [0.4, 0.5) is 0 Å². The summed E-state index contributed by atoms with van der Waals surface area (Å²) < 4.78 is 6.14. The molecule has 1 aromatic carbocycles. The highest BCUT2D eigenvalue weighted by Crippen LogP contribution is 2.31. The first-order chi connectivity index (χ1) is 9.58. The summed E-state index contributed by atoms with van der Waals surface area (Å²) in [4.78, 5) is 0. The fraction of sp³-hybridized carbons (Fsp3) is 0.556. The fourth-order valence-corrected chi connectivity index (χ4v) is 3.15. The second-order valence-corrected chi connectivity index (χ2v) is 6.09. The molecule has 1 saturated carbocycles. The molecule has 1 N–H and O–H groups in total. The summed E-state index contributed by atoms with van der Waals surface area (Å²) in [6.45, 7) is 6.55. The molecule has 2 unspecified atom stereocenters. The molecule has 0 saturated heterocycles. The maximum Gasteiger partial charge on any atom is 0.120 e. The molecule has 1 aliphatic carbocycles. The van der Waals surface area contributed by atoms with Gasteiger partial charge in [-0.1, -0.05) is 25.7 Å². The molecule has 108 valence electrons. The average Bonchev–Trinajstić information content (AvgIpc) is 2.36. The van der Waals surface area contributed by atoms with Crippen LogP contribution < -0.4 is 4.74 Å². The molecule has 1 aromatic rings. The highest BCUT2D eigenvalue weighted by Gasteiger charge is 2.25. The number of aryl methyl sites for hydroxylation is 1. The van der Waals surface area contributed by atoms with Gasteiger partial charge in [-0.2, -0.15) is 0 Å². The third-order valence-corrected chi connectivity index (χ3v) is 3.94. The number of aliphatic hydroxyl groups is 1. The van der Waals surface area contributed by atoms with E-state index in [1.807, 2.05) is 25.1 Å². The van der Waals surface area contributed by atoms with Crippen molar-refractivity contribution in [2.75, 3.05) is 6.61 Å². The van der Waals surface area contributed by atoms with Gasteiger partial charge in [-0.15, -0.1) is 0 Å². The Morgan fingerprint density at radius 2 is 1.90 bits per heavy atom. The summed E-state index contributed by atoms with van der Waals surface area (Å²) in [7, 11) is 0. The minimum atomic E-state index is -0.102. The van der Waals surface area contributed by atoms with Crippen LogP contribution in [0.3, 0.4) is 0 Å². The molecule has 0 heterocycles. The number of benzene rings is 1. The van der Waals surface area contributed by atoms with Gasteiger partial charge in [0.1, 0.15) is 12.4 Å². The largest absolute Gasteiger partial charge is 0.490 e.